The third kappa shape index (κ3) is 4.78. The zero-order chi connectivity index (χ0) is 27.0. The molecule has 1 saturated heterocycles. The topological polar surface area (TPSA) is 83.6 Å². The van der Waals surface area contributed by atoms with E-state index in [4.69, 9.17) is 40.5 Å². The summed E-state index contributed by atoms with van der Waals surface area (Å²) < 4.78 is 0. The second-order valence-electron chi connectivity index (χ2n) is 9.22. The number of carbonyl (C=O) groups is 2. The normalized spacial score (nSPS) is 14.9. The van der Waals surface area contributed by atoms with E-state index in [-0.39, 0.29) is 16.5 Å². The van der Waals surface area contributed by atoms with Crippen LogP contribution in [-0.2, 0) is 10.2 Å². The maximum atomic E-state index is 13.7. The minimum Gasteiger partial charge on any atom is -0.506 e. The molecule has 1 aliphatic heterocycles. The molecule has 5 rings (SSSR count). The van der Waals surface area contributed by atoms with Crippen LogP contribution in [0.1, 0.15) is 28.1 Å². The summed E-state index contributed by atoms with van der Waals surface area (Å²) in [7, 11) is 0. The number of carbonyl (C=O) groups excluding carboxylic acids is 2. The van der Waals surface area contributed by atoms with Crippen molar-refractivity contribution in [3.05, 3.63) is 98.3 Å². The lowest BCUT2D eigenvalue weighted by Gasteiger charge is -2.40. The Kier molecular flexibility index (Phi) is 7.43. The summed E-state index contributed by atoms with van der Waals surface area (Å²) in [6.07, 6.45) is 0.786. The van der Waals surface area contributed by atoms with E-state index in [1.54, 1.807) is 47.4 Å². The number of amides is 2. The highest BCUT2D eigenvalue weighted by Gasteiger charge is 2.43. The van der Waals surface area contributed by atoms with Crippen LogP contribution in [0.2, 0.25) is 15.1 Å². The molecule has 0 saturated carbocycles. The molecule has 194 valence electrons. The van der Waals surface area contributed by atoms with Gasteiger partial charge in [-0.15, -0.1) is 11.3 Å². The van der Waals surface area contributed by atoms with E-state index in [1.807, 2.05) is 30.3 Å². The molecule has 4 aromatic rings. The van der Waals surface area contributed by atoms with Crippen LogP contribution in [0.4, 0.5) is 0 Å². The summed E-state index contributed by atoms with van der Waals surface area (Å²) in [5.74, 6) is -0.845. The van der Waals surface area contributed by atoms with Crippen LogP contribution in [0.15, 0.2) is 72.8 Å². The molecule has 9 heteroatoms. The molecule has 3 N–H and O–H groups in total. The number of hydrogen-bond donors (Lipinski definition) is 2. The summed E-state index contributed by atoms with van der Waals surface area (Å²) in [5, 5.41) is 12.8. The summed E-state index contributed by atoms with van der Waals surface area (Å²) in [4.78, 5) is 28.8. The maximum Gasteiger partial charge on any atom is 0.267 e. The first kappa shape index (κ1) is 26.6. The van der Waals surface area contributed by atoms with Gasteiger partial charge in [-0.2, -0.15) is 0 Å². The Morgan fingerprint density at radius 3 is 2.13 bits per heavy atom. The molecule has 2 amide bonds. The molecule has 38 heavy (non-hydrogen) atoms. The molecular weight excluding hydrogens is 563 g/mol. The first-order valence-electron chi connectivity index (χ1n) is 11.9. The number of aromatic hydroxyl groups is 1. The molecule has 1 aliphatic rings. The SMILES string of the molecule is NC(=O)C1(c2ccccc2)CCN(C(=O)c2sc(-c3ccc(Cl)cc3Cl)c(-c3ccc(Cl)cc3)c2O)CC1. The largest absolute Gasteiger partial charge is 0.506 e. The quantitative estimate of drug-likeness (QED) is 0.256. The van der Waals surface area contributed by atoms with Crippen molar-refractivity contribution in [1.82, 2.24) is 4.90 Å². The highest BCUT2D eigenvalue weighted by molar-refractivity contribution is 7.18. The molecular formula is C29H23Cl3N2O3S. The predicted molar refractivity (Wildman–Crippen MR) is 154 cm³/mol. The van der Waals surface area contributed by atoms with Gasteiger partial charge in [-0.25, -0.2) is 0 Å². The van der Waals surface area contributed by atoms with Crippen molar-refractivity contribution in [2.45, 2.75) is 18.3 Å². The molecule has 1 aromatic heterocycles. The second kappa shape index (κ2) is 10.6. The Bertz CT molecular complexity index is 1510. The molecule has 0 spiro atoms. The van der Waals surface area contributed by atoms with Gasteiger partial charge in [-0.05, 0) is 48.2 Å². The van der Waals surface area contributed by atoms with Crippen molar-refractivity contribution in [3.63, 3.8) is 0 Å². The first-order valence-corrected chi connectivity index (χ1v) is 13.9. The zero-order valence-electron chi connectivity index (χ0n) is 20.1. The van der Waals surface area contributed by atoms with Crippen molar-refractivity contribution in [2.24, 2.45) is 5.73 Å². The van der Waals surface area contributed by atoms with E-state index in [0.29, 0.717) is 62.6 Å². The minimum absolute atomic E-state index is 0.127. The molecule has 0 bridgehead atoms. The van der Waals surface area contributed by atoms with E-state index >= 15 is 0 Å². The first-order chi connectivity index (χ1) is 18.2. The van der Waals surface area contributed by atoms with E-state index < -0.39 is 11.3 Å². The molecule has 1 fully saturated rings. The lowest BCUT2D eigenvalue weighted by molar-refractivity contribution is -0.125. The van der Waals surface area contributed by atoms with Crippen LogP contribution in [0.5, 0.6) is 5.75 Å². The van der Waals surface area contributed by atoms with Crippen LogP contribution in [0.25, 0.3) is 21.6 Å². The van der Waals surface area contributed by atoms with Gasteiger partial charge in [0.2, 0.25) is 5.91 Å². The summed E-state index contributed by atoms with van der Waals surface area (Å²) >= 11 is 19.9. The molecule has 0 unspecified atom stereocenters. The number of hydrogen-bond acceptors (Lipinski definition) is 4. The van der Waals surface area contributed by atoms with Crippen molar-refractivity contribution < 1.29 is 14.7 Å². The lowest BCUT2D eigenvalue weighted by Crippen LogP contribution is -2.51. The van der Waals surface area contributed by atoms with Gasteiger partial charge in [-0.3, -0.25) is 9.59 Å². The van der Waals surface area contributed by atoms with Gasteiger partial charge >= 0.3 is 0 Å². The Balaban J connectivity index is 1.52. The monoisotopic (exact) mass is 584 g/mol. The van der Waals surface area contributed by atoms with Crippen LogP contribution >= 0.6 is 46.1 Å². The van der Waals surface area contributed by atoms with Crippen molar-refractivity contribution in [1.29, 1.82) is 0 Å². The summed E-state index contributed by atoms with van der Waals surface area (Å²) in [5.41, 5.74) is 7.71. The average molecular weight is 586 g/mol. The fourth-order valence-electron chi connectivity index (χ4n) is 4.98. The van der Waals surface area contributed by atoms with Gasteiger partial charge in [0.05, 0.1) is 10.4 Å². The van der Waals surface area contributed by atoms with Gasteiger partial charge < -0.3 is 15.7 Å². The molecule has 3 aromatic carbocycles. The van der Waals surface area contributed by atoms with E-state index in [0.717, 1.165) is 5.56 Å². The number of primary amides is 1. The fourth-order valence-corrected chi connectivity index (χ4v) is 6.89. The maximum absolute atomic E-state index is 13.7. The molecule has 2 heterocycles. The van der Waals surface area contributed by atoms with Crippen molar-refractivity contribution >= 4 is 58.0 Å². The minimum atomic E-state index is -0.841. The van der Waals surface area contributed by atoms with Crippen LogP contribution in [0, 0.1) is 0 Å². The van der Waals surface area contributed by atoms with E-state index in [2.05, 4.69) is 0 Å². The zero-order valence-corrected chi connectivity index (χ0v) is 23.2. The number of rotatable bonds is 5. The summed E-state index contributed by atoms with van der Waals surface area (Å²) in [6.45, 7) is 0.642. The Morgan fingerprint density at radius 1 is 0.895 bits per heavy atom. The highest BCUT2D eigenvalue weighted by Crippen LogP contribution is 2.50. The number of likely N-dealkylation sites (tertiary alicyclic amines) is 1. The van der Waals surface area contributed by atoms with Gasteiger partial charge in [0.1, 0.15) is 10.6 Å². The predicted octanol–water partition coefficient (Wildman–Crippen LogP) is 7.41. The lowest BCUT2D eigenvalue weighted by atomic mass is 9.72. The standard InChI is InChI=1S/C29H23Cl3N2O3S/c30-19-8-6-17(7-9-19)23-24(35)26(38-25(23)21-11-10-20(31)16-22(21)32)27(36)34-14-12-29(13-15-34,28(33)37)18-4-2-1-3-5-18/h1-11,16,35H,12-15H2,(H2,33,37). The van der Waals surface area contributed by atoms with Crippen molar-refractivity contribution in [2.75, 3.05) is 13.1 Å². The second-order valence-corrected chi connectivity index (χ2v) is 11.5. The summed E-state index contributed by atoms with van der Waals surface area (Å²) in [6, 6.07) is 21.6. The molecule has 0 radical (unpaired) electrons. The molecule has 5 nitrogen and oxygen atoms in total. The average Bonchev–Trinajstić information content (AvgIpc) is 3.25. The smallest absolute Gasteiger partial charge is 0.267 e. The molecule has 0 aliphatic carbocycles. The Hall–Kier alpha value is -3.03. The van der Waals surface area contributed by atoms with Gasteiger partial charge in [0.15, 0.2) is 0 Å². The van der Waals surface area contributed by atoms with Gasteiger partial charge in [0.25, 0.3) is 5.91 Å². The third-order valence-electron chi connectivity index (χ3n) is 7.09. The highest BCUT2D eigenvalue weighted by atomic mass is 35.5. The number of halogens is 3. The number of nitrogens with two attached hydrogens (primary N) is 1. The van der Waals surface area contributed by atoms with Crippen LogP contribution in [0.3, 0.4) is 0 Å². The molecule has 0 atom stereocenters. The number of piperidine rings is 1. The number of nitrogens with zero attached hydrogens (tertiary/aromatic N) is 1. The third-order valence-corrected chi connectivity index (χ3v) is 9.09. The van der Waals surface area contributed by atoms with Crippen LogP contribution in [-0.4, -0.2) is 34.9 Å². The van der Waals surface area contributed by atoms with E-state index in [1.165, 1.54) is 11.3 Å². The van der Waals surface area contributed by atoms with Crippen LogP contribution < -0.4 is 5.73 Å². The van der Waals surface area contributed by atoms with Crippen molar-refractivity contribution in [3.8, 4) is 27.3 Å². The Labute approximate surface area is 239 Å². The van der Waals surface area contributed by atoms with E-state index in [9.17, 15) is 14.7 Å². The van der Waals surface area contributed by atoms with Gasteiger partial charge in [-0.1, -0.05) is 83.3 Å². The number of thiophene rings is 1. The fraction of sp³-hybridized carbons (Fsp3) is 0.172. The Morgan fingerprint density at radius 2 is 1.53 bits per heavy atom. The van der Waals surface area contributed by atoms with Gasteiger partial charge in [0, 0.05) is 39.1 Å². The number of benzene rings is 3.